The molecule has 0 aliphatic rings. The number of primary amides is 1. The molecule has 1 aromatic carbocycles. The van der Waals surface area contributed by atoms with E-state index in [9.17, 15) is 4.79 Å². The van der Waals surface area contributed by atoms with Gasteiger partial charge in [0.05, 0.1) is 13.7 Å². The molecule has 1 heterocycles. The number of amides is 1. The van der Waals surface area contributed by atoms with Crippen LogP contribution in [0.2, 0.25) is 0 Å². The summed E-state index contributed by atoms with van der Waals surface area (Å²) in [5.74, 6) is 1.69. The van der Waals surface area contributed by atoms with E-state index in [0.29, 0.717) is 24.8 Å². The third kappa shape index (κ3) is 5.27. The van der Waals surface area contributed by atoms with Crippen molar-refractivity contribution in [2.24, 2.45) is 10.7 Å². The van der Waals surface area contributed by atoms with Crippen LogP contribution >= 0.6 is 0 Å². The second kappa shape index (κ2) is 8.77. The van der Waals surface area contributed by atoms with Crippen LogP contribution in [0.15, 0.2) is 39.7 Å². The minimum atomic E-state index is -0.583. The predicted octanol–water partition coefficient (Wildman–Crippen LogP) is 1.60. The summed E-state index contributed by atoms with van der Waals surface area (Å²) in [6.07, 6.45) is 0.804. The van der Waals surface area contributed by atoms with Crippen LogP contribution in [0.5, 0.6) is 5.75 Å². The molecule has 0 aliphatic heterocycles. The third-order valence-electron chi connectivity index (χ3n) is 3.68. The molecule has 0 aliphatic carbocycles. The zero-order valence-corrected chi connectivity index (χ0v) is 14.8. The summed E-state index contributed by atoms with van der Waals surface area (Å²) < 4.78 is 10.7. The van der Waals surface area contributed by atoms with Crippen molar-refractivity contribution < 1.29 is 13.9 Å². The van der Waals surface area contributed by atoms with Gasteiger partial charge in [-0.25, -0.2) is 0 Å². The Morgan fingerprint density at radius 1 is 1.28 bits per heavy atom. The molecular formula is C18H24N4O3. The van der Waals surface area contributed by atoms with Crippen LogP contribution in [0.3, 0.4) is 0 Å². The minimum absolute atomic E-state index is 0.145. The Kier molecular flexibility index (Phi) is 6.45. The molecule has 7 heteroatoms. The van der Waals surface area contributed by atoms with Gasteiger partial charge in [0.25, 0.3) is 5.91 Å². The highest BCUT2D eigenvalue weighted by Gasteiger charge is 2.08. The van der Waals surface area contributed by atoms with E-state index < -0.39 is 5.91 Å². The average Bonchev–Trinajstić information content (AvgIpc) is 3.07. The summed E-state index contributed by atoms with van der Waals surface area (Å²) in [5.41, 5.74) is 7.50. The van der Waals surface area contributed by atoms with Crippen molar-refractivity contribution in [3.63, 3.8) is 0 Å². The first kappa shape index (κ1) is 18.4. The van der Waals surface area contributed by atoms with Gasteiger partial charge in [0.2, 0.25) is 0 Å². The van der Waals surface area contributed by atoms with Gasteiger partial charge in [-0.2, -0.15) is 0 Å². The van der Waals surface area contributed by atoms with Crippen molar-refractivity contribution in [2.45, 2.75) is 19.9 Å². The molecule has 4 N–H and O–H groups in total. The predicted molar refractivity (Wildman–Crippen MR) is 96.9 cm³/mol. The molecule has 134 valence electrons. The quantitative estimate of drug-likeness (QED) is 0.523. The van der Waals surface area contributed by atoms with Crippen LogP contribution in [0, 0.1) is 6.92 Å². The number of rotatable bonds is 7. The maximum atomic E-state index is 11.0. The number of aliphatic imine (C=N–C) groups is 1. The number of carbonyl (C=O) groups excluding carboxylic acids is 1. The molecule has 1 aromatic heterocycles. The van der Waals surface area contributed by atoms with E-state index in [1.165, 1.54) is 5.56 Å². The number of nitrogens with one attached hydrogen (secondary N) is 2. The molecule has 0 atom stereocenters. The van der Waals surface area contributed by atoms with Gasteiger partial charge in [0.15, 0.2) is 11.7 Å². The maximum Gasteiger partial charge on any atom is 0.284 e. The van der Waals surface area contributed by atoms with Gasteiger partial charge in [0.1, 0.15) is 11.5 Å². The Morgan fingerprint density at radius 2 is 2.08 bits per heavy atom. The molecule has 2 aromatic rings. The number of carbonyl (C=O) groups is 1. The Balaban J connectivity index is 1.84. The summed E-state index contributed by atoms with van der Waals surface area (Å²) in [5, 5.41) is 6.36. The number of guanidine groups is 1. The lowest BCUT2D eigenvalue weighted by atomic mass is 10.1. The molecule has 0 saturated carbocycles. The van der Waals surface area contributed by atoms with Crippen LogP contribution in [-0.4, -0.2) is 32.6 Å². The fourth-order valence-corrected chi connectivity index (χ4v) is 2.42. The number of ether oxygens (including phenoxy) is 1. The second-order valence-corrected chi connectivity index (χ2v) is 5.55. The molecule has 7 nitrogen and oxygen atoms in total. The smallest absolute Gasteiger partial charge is 0.284 e. The third-order valence-corrected chi connectivity index (χ3v) is 3.68. The fraction of sp³-hybridized carbons (Fsp3) is 0.333. The van der Waals surface area contributed by atoms with Crippen molar-refractivity contribution >= 4 is 11.9 Å². The lowest BCUT2D eigenvalue weighted by Crippen LogP contribution is -2.37. The van der Waals surface area contributed by atoms with Gasteiger partial charge in [-0.3, -0.25) is 9.79 Å². The highest BCUT2D eigenvalue weighted by Crippen LogP contribution is 2.19. The topological polar surface area (TPSA) is 102 Å². The highest BCUT2D eigenvalue weighted by atomic mass is 16.5. The van der Waals surface area contributed by atoms with Gasteiger partial charge < -0.3 is 25.5 Å². The zero-order valence-electron chi connectivity index (χ0n) is 14.8. The van der Waals surface area contributed by atoms with Gasteiger partial charge in [-0.1, -0.05) is 17.7 Å². The number of aryl methyl sites for hydroxylation is 1. The van der Waals surface area contributed by atoms with Crippen molar-refractivity contribution in [2.75, 3.05) is 20.7 Å². The van der Waals surface area contributed by atoms with Gasteiger partial charge >= 0.3 is 0 Å². The van der Waals surface area contributed by atoms with Gasteiger partial charge in [0, 0.05) is 13.6 Å². The average molecular weight is 344 g/mol. The largest absolute Gasteiger partial charge is 0.496 e. The number of benzene rings is 1. The Labute approximate surface area is 147 Å². The first-order chi connectivity index (χ1) is 12.0. The number of hydrogen-bond acceptors (Lipinski definition) is 4. The maximum absolute atomic E-state index is 11.0. The van der Waals surface area contributed by atoms with Crippen LogP contribution in [0.4, 0.5) is 0 Å². The molecule has 0 saturated heterocycles. The Morgan fingerprint density at radius 3 is 2.72 bits per heavy atom. The number of furan rings is 1. The van der Waals surface area contributed by atoms with E-state index in [-0.39, 0.29) is 5.76 Å². The van der Waals surface area contributed by atoms with Crippen LogP contribution in [-0.2, 0) is 13.0 Å². The standard InChI is InChI=1S/C18H24N4O3/c1-12-4-6-15(24-3)13(10-12)8-9-21-18(20-2)22-11-14-5-7-16(25-14)17(19)23/h4-7,10H,8-9,11H2,1-3H3,(H2,19,23)(H2,20,21,22). The summed E-state index contributed by atoms with van der Waals surface area (Å²) in [4.78, 5) is 15.2. The molecule has 25 heavy (non-hydrogen) atoms. The highest BCUT2D eigenvalue weighted by molar-refractivity contribution is 5.89. The lowest BCUT2D eigenvalue weighted by Gasteiger charge is -2.13. The van der Waals surface area contributed by atoms with Crippen molar-refractivity contribution in [1.82, 2.24) is 10.6 Å². The Hall–Kier alpha value is -2.96. The molecule has 1 amide bonds. The summed E-state index contributed by atoms with van der Waals surface area (Å²) in [7, 11) is 3.37. The van der Waals surface area contributed by atoms with Crippen molar-refractivity contribution in [1.29, 1.82) is 0 Å². The van der Waals surface area contributed by atoms with Gasteiger partial charge in [-0.05, 0) is 37.1 Å². The van der Waals surface area contributed by atoms with E-state index in [4.69, 9.17) is 14.9 Å². The first-order valence-corrected chi connectivity index (χ1v) is 8.00. The zero-order chi connectivity index (χ0) is 18.2. The van der Waals surface area contributed by atoms with E-state index in [2.05, 4.69) is 28.6 Å². The van der Waals surface area contributed by atoms with Crippen LogP contribution < -0.4 is 21.1 Å². The summed E-state index contributed by atoms with van der Waals surface area (Å²) >= 11 is 0. The van der Waals surface area contributed by atoms with E-state index in [1.54, 1.807) is 26.3 Å². The molecule has 0 unspecified atom stereocenters. The number of methoxy groups -OCH3 is 1. The van der Waals surface area contributed by atoms with Crippen molar-refractivity contribution in [3.05, 3.63) is 53.0 Å². The normalized spacial score (nSPS) is 11.2. The SMILES string of the molecule is CN=C(NCCc1cc(C)ccc1OC)NCc1ccc(C(N)=O)o1. The molecule has 0 radical (unpaired) electrons. The first-order valence-electron chi connectivity index (χ1n) is 8.00. The van der Waals surface area contributed by atoms with Crippen LogP contribution in [0.25, 0.3) is 0 Å². The molecule has 0 bridgehead atoms. The number of nitrogens with two attached hydrogens (primary N) is 1. The summed E-state index contributed by atoms with van der Waals surface area (Å²) in [6, 6.07) is 9.38. The monoisotopic (exact) mass is 344 g/mol. The number of hydrogen-bond donors (Lipinski definition) is 3. The van der Waals surface area contributed by atoms with Crippen LogP contribution in [0.1, 0.15) is 27.4 Å². The van der Waals surface area contributed by atoms with Crippen molar-refractivity contribution in [3.8, 4) is 5.75 Å². The van der Waals surface area contributed by atoms with E-state index in [1.807, 2.05) is 12.1 Å². The molecule has 0 spiro atoms. The molecular weight excluding hydrogens is 320 g/mol. The lowest BCUT2D eigenvalue weighted by molar-refractivity contribution is 0.0972. The fourth-order valence-electron chi connectivity index (χ4n) is 2.42. The van der Waals surface area contributed by atoms with E-state index in [0.717, 1.165) is 17.7 Å². The number of nitrogens with zero attached hydrogens (tertiary/aromatic N) is 1. The van der Waals surface area contributed by atoms with Gasteiger partial charge in [-0.15, -0.1) is 0 Å². The molecule has 2 rings (SSSR count). The second-order valence-electron chi connectivity index (χ2n) is 5.55. The molecule has 0 fully saturated rings. The summed E-state index contributed by atoms with van der Waals surface area (Å²) in [6.45, 7) is 3.16. The minimum Gasteiger partial charge on any atom is -0.496 e. The Bertz CT molecular complexity index is 753. The van der Waals surface area contributed by atoms with E-state index >= 15 is 0 Å².